The number of fused-ring (bicyclic) bond motifs is 1. The Balaban J connectivity index is 1.56. The maximum Gasteiger partial charge on any atom is 0.257 e. The minimum absolute atomic E-state index is 0.286. The molecular formula is C18H15N7O. The molecule has 0 aliphatic carbocycles. The zero-order chi connectivity index (χ0) is 17.9. The smallest absolute Gasteiger partial charge is 0.257 e. The SMILES string of the molecule is Cc1ncc(NC(=O)c2cnc3c(c2)ncn3Cc2ccccn2)cn1. The molecule has 0 spiro atoms. The predicted octanol–water partition coefficient (Wildman–Crippen LogP) is 2.23. The number of nitrogens with zero attached hydrogens (tertiary/aromatic N) is 6. The molecule has 1 N–H and O–H groups in total. The number of amides is 1. The minimum atomic E-state index is -0.286. The average molecular weight is 345 g/mol. The number of hydrogen-bond acceptors (Lipinski definition) is 6. The number of aromatic nitrogens is 6. The van der Waals surface area contributed by atoms with E-state index in [9.17, 15) is 4.79 Å². The van der Waals surface area contributed by atoms with Gasteiger partial charge in [0, 0.05) is 12.4 Å². The van der Waals surface area contributed by atoms with Crippen LogP contribution in [-0.4, -0.2) is 35.4 Å². The number of nitrogens with one attached hydrogen (secondary N) is 1. The van der Waals surface area contributed by atoms with E-state index in [0.717, 1.165) is 5.69 Å². The van der Waals surface area contributed by atoms with Gasteiger partial charge >= 0.3 is 0 Å². The lowest BCUT2D eigenvalue weighted by Gasteiger charge is -2.05. The second-order valence-electron chi connectivity index (χ2n) is 5.73. The number of carbonyl (C=O) groups excluding carboxylic acids is 1. The van der Waals surface area contributed by atoms with Gasteiger partial charge in [0.1, 0.15) is 11.3 Å². The van der Waals surface area contributed by atoms with E-state index in [1.165, 1.54) is 6.20 Å². The largest absolute Gasteiger partial charge is 0.319 e. The molecule has 4 aromatic heterocycles. The average Bonchev–Trinajstić information content (AvgIpc) is 3.06. The van der Waals surface area contributed by atoms with Crippen LogP contribution in [0, 0.1) is 6.92 Å². The van der Waals surface area contributed by atoms with Gasteiger partial charge in [-0.05, 0) is 25.1 Å². The summed E-state index contributed by atoms with van der Waals surface area (Å²) in [5.74, 6) is 0.357. The van der Waals surface area contributed by atoms with Crippen LogP contribution in [0.5, 0.6) is 0 Å². The van der Waals surface area contributed by atoms with Crippen LogP contribution in [0.25, 0.3) is 11.2 Å². The number of imidazole rings is 1. The molecular weight excluding hydrogens is 330 g/mol. The first kappa shape index (κ1) is 15.8. The van der Waals surface area contributed by atoms with E-state index >= 15 is 0 Å². The molecule has 0 aliphatic heterocycles. The van der Waals surface area contributed by atoms with Crippen molar-refractivity contribution < 1.29 is 4.79 Å². The predicted molar refractivity (Wildman–Crippen MR) is 95.6 cm³/mol. The van der Waals surface area contributed by atoms with Crippen LogP contribution < -0.4 is 5.32 Å². The van der Waals surface area contributed by atoms with Crippen molar-refractivity contribution in [3.63, 3.8) is 0 Å². The summed E-state index contributed by atoms with van der Waals surface area (Å²) in [5, 5.41) is 2.75. The summed E-state index contributed by atoms with van der Waals surface area (Å²) < 4.78 is 1.90. The quantitative estimate of drug-likeness (QED) is 0.609. The first-order valence-electron chi connectivity index (χ1n) is 8.00. The minimum Gasteiger partial charge on any atom is -0.319 e. The van der Waals surface area contributed by atoms with Crippen LogP contribution in [0.4, 0.5) is 5.69 Å². The van der Waals surface area contributed by atoms with E-state index in [1.54, 1.807) is 37.9 Å². The number of pyridine rings is 2. The summed E-state index contributed by atoms with van der Waals surface area (Å²) in [6.07, 6.45) is 8.10. The molecule has 8 nitrogen and oxygen atoms in total. The van der Waals surface area contributed by atoms with Crippen molar-refractivity contribution in [2.75, 3.05) is 5.32 Å². The molecule has 4 aromatic rings. The summed E-state index contributed by atoms with van der Waals surface area (Å²) in [7, 11) is 0. The van der Waals surface area contributed by atoms with Gasteiger partial charge in [0.05, 0.1) is 42.2 Å². The van der Waals surface area contributed by atoms with Gasteiger partial charge in [-0.1, -0.05) is 6.07 Å². The van der Waals surface area contributed by atoms with E-state index in [0.29, 0.717) is 34.8 Å². The molecule has 4 heterocycles. The Kier molecular flexibility index (Phi) is 4.06. The van der Waals surface area contributed by atoms with Gasteiger partial charge in [0.25, 0.3) is 5.91 Å². The summed E-state index contributed by atoms with van der Waals surface area (Å²) >= 11 is 0. The van der Waals surface area contributed by atoms with E-state index < -0.39 is 0 Å². The maximum absolute atomic E-state index is 12.4. The number of aryl methyl sites for hydroxylation is 1. The summed E-state index contributed by atoms with van der Waals surface area (Å²) in [5.41, 5.74) is 3.21. The fourth-order valence-corrected chi connectivity index (χ4v) is 2.52. The first-order chi connectivity index (χ1) is 12.7. The zero-order valence-electron chi connectivity index (χ0n) is 14.0. The van der Waals surface area contributed by atoms with Gasteiger partial charge in [0.2, 0.25) is 0 Å². The molecule has 4 rings (SSSR count). The molecule has 128 valence electrons. The zero-order valence-corrected chi connectivity index (χ0v) is 14.0. The standard InChI is InChI=1S/C18H15N7O/c1-12-20-8-15(9-21-12)24-18(26)13-6-16-17(22-7-13)25(11-23-16)10-14-4-2-3-5-19-14/h2-9,11H,10H2,1H3,(H,24,26). The van der Waals surface area contributed by atoms with E-state index in [-0.39, 0.29) is 5.91 Å². The molecule has 0 bridgehead atoms. The van der Waals surface area contributed by atoms with Crippen LogP contribution in [0.2, 0.25) is 0 Å². The number of carbonyl (C=O) groups is 1. The Labute approximate surface area is 149 Å². The van der Waals surface area contributed by atoms with Crippen LogP contribution in [0.15, 0.2) is 55.4 Å². The van der Waals surface area contributed by atoms with Crippen molar-refractivity contribution in [3.05, 3.63) is 72.5 Å². The molecule has 0 radical (unpaired) electrons. The van der Waals surface area contributed by atoms with Crippen molar-refractivity contribution in [1.29, 1.82) is 0 Å². The summed E-state index contributed by atoms with van der Waals surface area (Å²) in [6.45, 7) is 2.35. The third-order valence-electron chi connectivity index (χ3n) is 3.81. The molecule has 0 aromatic carbocycles. The molecule has 1 amide bonds. The molecule has 0 fully saturated rings. The fourth-order valence-electron chi connectivity index (χ4n) is 2.52. The van der Waals surface area contributed by atoms with Gasteiger partial charge in [-0.3, -0.25) is 9.78 Å². The maximum atomic E-state index is 12.4. The topological polar surface area (TPSA) is 98.5 Å². The van der Waals surface area contributed by atoms with Gasteiger partial charge in [-0.25, -0.2) is 19.9 Å². The lowest BCUT2D eigenvalue weighted by Crippen LogP contribution is -2.13. The molecule has 0 saturated carbocycles. The molecule has 0 saturated heterocycles. The van der Waals surface area contributed by atoms with Crippen molar-refractivity contribution in [1.82, 2.24) is 29.5 Å². The highest BCUT2D eigenvalue weighted by Crippen LogP contribution is 2.14. The summed E-state index contributed by atoms with van der Waals surface area (Å²) in [6, 6.07) is 7.46. The molecule has 8 heteroatoms. The van der Waals surface area contributed by atoms with Crippen LogP contribution in [-0.2, 0) is 6.54 Å². The van der Waals surface area contributed by atoms with E-state index in [2.05, 4.69) is 30.2 Å². The molecule has 0 unspecified atom stereocenters. The Morgan fingerprint density at radius 2 is 1.92 bits per heavy atom. The van der Waals surface area contributed by atoms with E-state index in [1.807, 2.05) is 22.8 Å². The van der Waals surface area contributed by atoms with Crippen molar-refractivity contribution in [2.24, 2.45) is 0 Å². The normalized spacial score (nSPS) is 10.8. The van der Waals surface area contributed by atoms with Crippen molar-refractivity contribution >= 4 is 22.8 Å². The number of hydrogen-bond donors (Lipinski definition) is 1. The number of anilines is 1. The van der Waals surface area contributed by atoms with Crippen LogP contribution >= 0.6 is 0 Å². The Morgan fingerprint density at radius 3 is 2.69 bits per heavy atom. The molecule has 26 heavy (non-hydrogen) atoms. The first-order valence-corrected chi connectivity index (χ1v) is 8.00. The second-order valence-corrected chi connectivity index (χ2v) is 5.73. The van der Waals surface area contributed by atoms with Crippen molar-refractivity contribution in [2.45, 2.75) is 13.5 Å². The third kappa shape index (κ3) is 3.25. The Bertz CT molecular complexity index is 1060. The Hall–Kier alpha value is -3.68. The molecule has 0 aliphatic rings. The van der Waals surface area contributed by atoms with Crippen molar-refractivity contribution in [3.8, 4) is 0 Å². The highest BCUT2D eigenvalue weighted by atomic mass is 16.1. The highest BCUT2D eigenvalue weighted by molar-refractivity contribution is 6.05. The van der Waals surface area contributed by atoms with E-state index in [4.69, 9.17) is 0 Å². The van der Waals surface area contributed by atoms with Crippen LogP contribution in [0.1, 0.15) is 21.9 Å². The lowest BCUT2D eigenvalue weighted by molar-refractivity contribution is 0.102. The Morgan fingerprint density at radius 1 is 1.08 bits per heavy atom. The molecule has 0 atom stereocenters. The fraction of sp³-hybridized carbons (Fsp3) is 0.111. The summed E-state index contributed by atoms with van der Waals surface area (Å²) in [4.78, 5) is 33.5. The van der Waals surface area contributed by atoms with Gasteiger partial charge in [0.15, 0.2) is 5.65 Å². The monoisotopic (exact) mass is 345 g/mol. The third-order valence-corrected chi connectivity index (χ3v) is 3.81. The van der Waals surface area contributed by atoms with Gasteiger partial charge in [-0.2, -0.15) is 0 Å². The van der Waals surface area contributed by atoms with Gasteiger partial charge < -0.3 is 9.88 Å². The second kappa shape index (κ2) is 6.67. The van der Waals surface area contributed by atoms with Crippen LogP contribution in [0.3, 0.4) is 0 Å². The highest BCUT2D eigenvalue weighted by Gasteiger charge is 2.11. The lowest BCUT2D eigenvalue weighted by atomic mass is 10.2. The number of rotatable bonds is 4. The van der Waals surface area contributed by atoms with Gasteiger partial charge in [-0.15, -0.1) is 0 Å².